The van der Waals surface area contributed by atoms with Gasteiger partial charge in [0, 0.05) is 24.8 Å². The van der Waals surface area contributed by atoms with Crippen LogP contribution in [0.25, 0.3) is 0 Å². The predicted molar refractivity (Wildman–Crippen MR) is 120 cm³/mol. The number of carbonyl (C=O) groups excluding carboxylic acids is 1. The van der Waals surface area contributed by atoms with Crippen LogP contribution in [0.15, 0.2) is 73.1 Å². The van der Waals surface area contributed by atoms with Crippen LogP contribution in [0.5, 0.6) is 11.5 Å². The fourth-order valence-corrected chi connectivity index (χ4v) is 3.96. The highest BCUT2D eigenvalue weighted by Crippen LogP contribution is 2.24. The maximum atomic E-state index is 12.7. The van der Waals surface area contributed by atoms with Crippen molar-refractivity contribution in [2.45, 2.75) is 25.9 Å². The second-order valence-electron chi connectivity index (χ2n) is 7.96. The first-order valence-corrected chi connectivity index (χ1v) is 10.8. The van der Waals surface area contributed by atoms with E-state index >= 15 is 0 Å². The molecule has 1 fully saturated rings. The molecule has 2 heterocycles. The van der Waals surface area contributed by atoms with Crippen LogP contribution in [-0.4, -0.2) is 36.0 Å². The molecule has 0 atom stereocenters. The highest BCUT2D eigenvalue weighted by atomic mass is 16.5. The number of hydrogen-bond acceptors (Lipinski definition) is 4. The van der Waals surface area contributed by atoms with Crippen molar-refractivity contribution < 1.29 is 14.3 Å². The fourth-order valence-electron chi connectivity index (χ4n) is 3.96. The molecule has 0 radical (unpaired) electrons. The SMILES string of the molecule is COc1ccc(C(=O)N2CCC(Cc3ccc(COc4cccnc4)cc3)CC2)cc1. The monoisotopic (exact) mass is 416 g/mol. The van der Waals surface area contributed by atoms with E-state index in [1.54, 1.807) is 19.5 Å². The standard InChI is InChI=1S/C26H28N2O3/c1-30-24-10-8-23(9-11-24)26(29)28-15-12-21(13-16-28)17-20-4-6-22(7-5-20)19-31-25-3-2-14-27-18-25/h2-11,14,18,21H,12-13,15-17,19H2,1H3. The second kappa shape index (κ2) is 10.1. The molecule has 0 unspecified atom stereocenters. The number of aromatic nitrogens is 1. The lowest BCUT2D eigenvalue weighted by Gasteiger charge is -2.32. The minimum absolute atomic E-state index is 0.110. The summed E-state index contributed by atoms with van der Waals surface area (Å²) in [5, 5.41) is 0. The van der Waals surface area contributed by atoms with Gasteiger partial charge in [0.15, 0.2) is 0 Å². The molecule has 160 valence electrons. The van der Waals surface area contributed by atoms with Gasteiger partial charge in [-0.2, -0.15) is 0 Å². The van der Waals surface area contributed by atoms with Gasteiger partial charge in [0.2, 0.25) is 0 Å². The van der Waals surface area contributed by atoms with Crippen molar-refractivity contribution in [2.24, 2.45) is 5.92 Å². The summed E-state index contributed by atoms with van der Waals surface area (Å²) in [6.07, 6.45) is 6.58. The van der Waals surface area contributed by atoms with E-state index < -0.39 is 0 Å². The molecular formula is C26H28N2O3. The number of carbonyl (C=O) groups is 1. The Kier molecular flexibility index (Phi) is 6.82. The Morgan fingerprint density at radius 1 is 0.968 bits per heavy atom. The van der Waals surface area contributed by atoms with Gasteiger partial charge in [0.25, 0.3) is 5.91 Å². The quantitative estimate of drug-likeness (QED) is 0.557. The Labute approximate surface area is 183 Å². The number of rotatable bonds is 7. The molecule has 4 rings (SSSR count). The van der Waals surface area contributed by atoms with Crippen molar-refractivity contribution in [3.8, 4) is 11.5 Å². The van der Waals surface area contributed by atoms with Gasteiger partial charge in [-0.05, 0) is 72.7 Å². The zero-order valence-corrected chi connectivity index (χ0v) is 17.9. The highest BCUT2D eigenvalue weighted by Gasteiger charge is 2.23. The van der Waals surface area contributed by atoms with Gasteiger partial charge in [-0.1, -0.05) is 24.3 Å². The summed E-state index contributed by atoms with van der Waals surface area (Å²) in [6, 6.07) is 19.8. The lowest BCUT2D eigenvalue weighted by molar-refractivity contribution is 0.0690. The molecular weight excluding hydrogens is 388 g/mol. The van der Waals surface area contributed by atoms with Gasteiger partial charge < -0.3 is 14.4 Å². The molecule has 1 aromatic heterocycles. The molecule has 1 aliphatic heterocycles. The third-order valence-corrected chi connectivity index (χ3v) is 5.83. The van der Waals surface area contributed by atoms with E-state index in [1.807, 2.05) is 41.3 Å². The second-order valence-corrected chi connectivity index (χ2v) is 7.96. The Hall–Kier alpha value is -3.34. The molecule has 5 heteroatoms. The number of hydrogen-bond donors (Lipinski definition) is 0. The average molecular weight is 417 g/mol. The lowest BCUT2D eigenvalue weighted by Crippen LogP contribution is -2.38. The van der Waals surface area contributed by atoms with E-state index in [2.05, 4.69) is 29.2 Å². The van der Waals surface area contributed by atoms with Crippen LogP contribution >= 0.6 is 0 Å². The largest absolute Gasteiger partial charge is 0.497 e. The van der Waals surface area contributed by atoms with E-state index in [0.717, 1.165) is 55.0 Å². The van der Waals surface area contributed by atoms with Gasteiger partial charge >= 0.3 is 0 Å². The third kappa shape index (κ3) is 5.63. The summed E-state index contributed by atoms with van der Waals surface area (Å²) < 4.78 is 10.9. The molecule has 1 saturated heterocycles. The van der Waals surface area contributed by atoms with Gasteiger partial charge in [-0.15, -0.1) is 0 Å². The molecule has 1 aliphatic rings. The zero-order chi connectivity index (χ0) is 21.5. The number of amides is 1. The topological polar surface area (TPSA) is 51.7 Å². The van der Waals surface area contributed by atoms with E-state index in [1.165, 1.54) is 5.56 Å². The maximum Gasteiger partial charge on any atom is 0.253 e. The number of piperidine rings is 1. The Balaban J connectivity index is 1.24. The summed E-state index contributed by atoms with van der Waals surface area (Å²) in [5.74, 6) is 2.27. The molecule has 1 amide bonds. The molecule has 0 bridgehead atoms. The van der Waals surface area contributed by atoms with Gasteiger partial charge in [0.05, 0.1) is 13.3 Å². The van der Waals surface area contributed by atoms with E-state index in [9.17, 15) is 4.79 Å². The Bertz CT molecular complexity index is 964. The first kappa shape index (κ1) is 20.9. The molecule has 5 nitrogen and oxygen atoms in total. The number of benzene rings is 2. The number of pyridine rings is 1. The van der Waals surface area contributed by atoms with Crippen LogP contribution in [0.2, 0.25) is 0 Å². The molecule has 3 aromatic rings. The highest BCUT2D eigenvalue weighted by molar-refractivity contribution is 5.94. The summed E-state index contributed by atoms with van der Waals surface area (Å²) in [7, 11) is 1.63. The first-order valence-electron chi connectivity index (χ1n) is 10.8. The molecule has 31 heavy (non-hydrogen) atoms. The van der Waals surface area contributed by atoms with Crippen LogP contribution in [0.4, 0.5) is 0 Å². The summed E-state index contributed by atoms with van der Waals surface area (Å²) in [4.78, 5) is 18.8. The molecule has 0 N–H and O–H groups in total. The van der Waals surface area contributed by atoms with E-state index in [0.29, 0.717) is 12.5 Å². The maximum absolute atomic E-state index is 12.7. The molecule has 0 saturated carbocycles. The van der Waals surface area contributed by atoms with Gasteiger partial charge in [-0.25, -0.2) is 0 Å². The van der Waals surface area contributed by atoms with Crippen molar-refractivity contribution in [1.29, 1.82) is 0 Å². The van der Waals surface area contributed by atoms with Crippen LogP contribution < -0.4 is 9.47 Å². The number of methoxy groups -OCH3 is 1. The lowest BCUT2D eigenvalue weighted by atomic mass is 9.89. The number of nitrogens with zero attached hydrogens (tertiary/aromatic N) is 2. The zero-order valence-electron chi connectivity index (χ0n) is 17.9. The summed E-state index contributed by atoms with van der Waals surface area (Å²) >= 11 is 0. The first-order chi connectivity index (χ1) is 15.2. The molecule has 2 aromatic carbocycles. The fraction of sp³-hybridized carbons (Fsp3) is 0.308. The number of likely N-dealkylation sites (tertiary alicyclic amines) is 1. The van der Waals surface area contributed by atoms with Crippen LogP contribution in [-0.2, 0) is 13.0 Å². The van der Waals surface area contributed by atoms with Crippen molar-refractivity contribution in [3.05, 3.63) is 89.7 Å². The van der Waals surface area contributed by atoms with Crippen molar-refractivity contribution >= 4 is 5.91 Å². The van der Waals surface area contributed by atoms with E-state index in [-0.39, 0.29) is 5.91 Å². The average Bonchev–Trinajstić information content (AvgIpc) is 2.84. The Morgan fingerprint density at radius 3 is 2.32 bits per heavy atom. The van der Waals surface area contributed by atoms with Crippen molar-refractivity contribution in [3.63, 3.8) is 0 Å². The normalized spacial score (nSPS) is 14.3. The smallest absolute Gasteiger partial charge is 0.253 e. The van der Waals surface area contributed by atoms with Crippen LogP contribution in [0.3, 0.4) is 0 Å². The molecule has 0 aliphatic carbocycles. The minimum atomic E-state index is 0.110. The predicted octanol–water partition coefficient (Wildman–Crippen LogP) is 4.76. The van der Waals surface area contributed by atoms with Crippen LogP contribution in [0, 0.1) is 5.92 Å². The van der Waals surface area contributed by atoms with Crippen molar-refractivity contribution in [2.75, 3.05) is 20.2 Å². The number of ether oxygens (including phenoxy) is 2. The summed E-state index contributed by atoms with van der Waals surface area (Å²) in [5.41, 5.74) is 3.21. The molecule has 0 spiro atoms. The Morgan fingerprint density at radius 2 is 1.68 bits per heavy atom. The van der Waals surface area contributed by atoms with Crippen molar-refractivity contribution in [1.82, 2.24) is 9.88 Å². The van der Waals surface area contributed by atoms with Gasteiger partial charge in [0.1, 0.15) is 18.1 Å². The van der Waals surface area contributed by atoms with E-state index in [4.69, 9.17) is 9.47 Å². The summed E-state index contributed by atoms with van der Waals surface area (Å²) in [6.45, 7) is 2.16. The minimum Gasteiger partial charge on any atom is -0.497 e. The van der Waals surface area contributed by atoms with Gasteiger partial charge in [-0.3, -0.25) is 9.78 Å². The van der Waals surface area contributed by atoms with Crippen LogP contribution in [0.1, 0.15) is 34.3 Å². The third-order valence-electron chi connectivity index (χ3n) is 5.83.